The summed E-state index contributed by atoms with van der Waals surface area (Å²) >= 11 is 0. The average Bonchev–Trinajstić information content (AvgIpc) is 2.67. The molecule has 0 saturated heterocycles. The van der Waals surface area contributed by atoms with Crippen molar-refractivity contribution in [3.8, 4) is 11.5 Å². The lowest BCUT2D eigenvalue weighted by Gasteiger charge is -2.12. The van der Waals surface area contributed by atoms with Crippen LogP contribution < -0.4 is 14.8 Å². The SMILES string of the molecule is CCOc1ccc(C(=O)NCc2ccc3ccccc3c2)cc1OCC. The van der Waals surface area contributed by atoms with Crippen molar-refractivity contribution in [2.75, 3.05) is 13.2 Å². The van der Waals surface area contributed by atoms with Crippen LogP contribution in [0.1, 0.15) is 29.8 Å². The molecule has 0 heterocycles. The number of amides is 1. The van der Waals surface area contributed by atoms with Gasteiger partial charge >= 0.3 is 0 Å². The van der Waals surface area contributed by atoms with Crippen molar-refractivity contribution in [3.05, 3.63) is 71.8 Å². The Kier molecular flexibility index (Phi) is 5.74. The molecule has 4 heteroatoms. The van der Waals surface area contributed by atoms with Gasteiger partial charge in [-0.2, -0.15) is 0 Å². The highest BCUT2D eigenvalue weighted by molar-refractivity contribution is 5.95. The molecule has 0 aliphatic rings. The molecule has 0 fully saturated rings. The fourth-order valence-electron chi connectivity index (χ4n) is 2.83. The largest absolute Gasteiger partial charge is 0.490 e. The zero-order valence-corrected chi connectivity index (χ0v) is 15.1. The van der Waals surface area contributed by atoms with Gasteiger partial charge in [0.05, 0.1) is 13.2 Å². The van der Waals surface area contributed by atoms with E-state index < -0.39 is 0 Å². The molecule has 0 atom stereocenters. The monoisotopic (exact) mass is 349 g/mol. The molecule has 3 aromatic rings. The Bertz CT molecular complexity index is 905. The van der Waals surface area contributed by atoms with E-state index >= 15 is 0 Å². The van der Waals surface area contributed by atoms with Crippen molar-refractivity contribution in [2.45, 2.75) is 20.4 Å². The Balaban J connectivity index is 1.71. The summed E-state index contributed by atoms with van der Waals surface area (Å²) < 4.78 is 11.1. The number of hydrogen-bond donors (Lipinski definition) is 1. The number of carbonyl (C=O) groups is 1. The van der Waals surface area contributed by atoms with Crippen LogP contribution in [0.25, 0.3) is 10.8 Å². The summed E-state index contributed by atoms with van der Waals surface area (Å²) in [7, 11) is 0. The molecule has 134 valence electrons. The number of fused-ring (bicyclic) bond motifs is 1. The number of benzene rings is 3. The fraction of sp³-hybridized carbons (Fsp3) is 0.227. The van der Waals surface area contributed by atoms with Gasteiger partial charge in [-0.15, -0.1) is 0 Å². The third-order valence-corrected chi connectivity index (χ3v) is 4.07. The molecule has 3 rings (SSSR count). The summed E-state index contributed by atoms with van der Waals surface area (Å²) in [5, 5.41) is 5.32. The van der Waals surface area contributed by atoms with Gasteiger partial charge in [0.25, 0.3) is 5.91 Å². The Morgan fingerprint density at radius 2 is 1.58 bits per heavy atom. The topological polar surface area (TPSA) is 47.6 Å². The minimum absolute atomic E-state index is 0.137. The molecule has 0 radical (unpaired) electrons. The molecule has 0 saturated carbocycles. The highest BCUT2D eigenvalue weighted by Crippen LogP contribution is 2.28. The summed E-state index contributed by atoms with van der Waals surface area (Å²) in [5.74, 6) is 1.11. The van der Waals surface area contributed by atoms with E-state index in [1.807, 2.05) is 32.0 Å². The van der Waals surface area contributed by atoms with Crippen LogP contribution in [0.4, 0.5) is 0 Å². The molecule has 0 spiro atoms. The first-order valence-corrected chi connectivity index (χ1v) is 8.86. The van der Waals surface area contributed by atoms with E-state index in [0.29, 0.717) is 36.8 Å². The van der Waals surface area contributed by atoms with Crippen LogP contribution in [-0.2, 0) is 6.54 Å². The van der Waals surface area contributed by atoms with Crippen LogP contribution in [0.15, 0.2) is 60.7 Å². The van der Waals surface area contributed by atoms with E-state index in [4.69, 9.17) is 9.47 Å². The van der Waals surface area contributed by atoms with E-state index in [1.54, 1.807) is 18.2 Å². The second kappa shape index (κ2) is 8.39. The van der Waals surface area contributed by atoms with Gasteiger partial charge in [0.2, 0.25) is 0 Å². The molecular formula is C22H23NO3. The first kappa shape index (κ1) is 17.8. The van der Waals surface area contributed by atoms with Crippen LogP contribution in [0.2, 0.25) is 0 Å². The number of hydrogen-bond acceptors (Lipinski definition) is 3. The maximum Gasteiger partial charge on any atom is 0.251 e. The van der Waals surface area contributed by atoms with Crippen molar-refractivity contribution in [1.82, 2.24) is 5.32 Å². The molecule has 0 aromatic heterocycles. The van der Waals surface area contributed by atoms with E-state index in [9.17, 15) is 4.79 Å². The highest BCUT2D eigenvalue weighted by atomic mass is 16.5. The van der Waals surface area contributed by atoms with Crippen LogP contribution in [0.5, 0.6) is 11.5 Å². The van der Waals surface area contributed by atoms with Gasteiger partial charge in [-0.3, -0.25) is 4.79 Å². The molecular weight excluding hydrogens is 326 g/mol. The second-order valence-electron chi connectivity index (χ2n) is 5.89. The average molecular weight is 349 g/mol. The molecule has 0 aliphatic heterocycles. The number of nitrogens with one attached hydrogen (secondary N) is 1. The summed E-state index contributed by atoms with van der Waals surface area (Å²) in [4.78, 5) is 12.5. The smallest absolute Gasteiger partial charge is 0.251 e. The van der Waals surface area contributed by atoms with Crippen LogP contribution >= 0.6 is 0 Å². The zero-order chi connectivity index (χ0) is 18.4. The quantitative estimate of drug-likeness (QED) is 0.680. The Hall–Kier alpha value is -3.01. The second-order valence-corrected chi connectivity index (χ2v) is 5.89. The number of carbonyl (C=O) groups excluding carboxylic acids is 1. The lowest BCUT2D eigenvalue weighted by Crippen LogP contribution is -2.22. The summed E-state index contributed by atoms with van der Waals surface area (Å²) in [6.45, 7) is 5.36. The van der Waals surface area contributed by atoms with Crippen LogP contribution in [0, 0.1) is 0 Å². The highest BCUT2D eigenvalue weighted by Gasteiger charge is 2.11. The fourth-order valence-corrected chi connectivity index (χ4v) is 2.83. The normalized spacial score (nSPS) is 10.5. The summed E-state index contributed by atoms with van der Waals surface area (Å²) in [5.41, 5.74) is 1.62. The van der Waals surface area contributed by atoms with Crippen molar-refractivity contribution in [3.63, 3.8) is 0 Å². The first-order chi connectivity index (χ1) is 12.7. The molecule has 4 nitrogen and oxygen atoms in total. The lowest BCUT2D eigenvalue weighted by molar-refractivity contribution is 0.0950. The number of rotatable bonds is 7. The van der Waals surface area contributed by atoms with E-state index in [-0.39, 0.29) is 5.91 Å². The molecule has 1 amide bonds. The summed E-state index contributed by atoms with van der Waals surface area (Å²) in [6.07, 6.45) is 0. The maximum atomic E-state index is 12.5. The minimum atomic E-state index is -0.137. The van der Waals surface area contributed by atoms with Crippen molar-refractivity contribution in [1.29, 1.82) is 0 Å². The Morgan fingerprint density at radius 3 is 2.35 bits per heavy atom. The van der Waals surface area contributed by atoms with Gasteiger partial charge in [0.15, 0.2) is 11.5 Å². The summed E-state index contributed by atoms with van der Waals surface area (Å²) in [6, 6.07) is 19.6. The predicted molar refractivity (Wildman–Crippen MR) is 104 cm³/mol. The minimum Gasteiger partial charge on any atom is -0.490 e. The van der Waals surface area contributed by atoms with E-state index in [2.05, 4.69) is 29.6 Å². The maximum absolute atomic E-state index is 12.5. The number of ether oxygens (including phenoxy) is 2. The third kappa shape index (κ3) is 4.14. The zero-order valence-electron chi connectivity index (χ0n) is 15.1. The molecule has 3 aromatic carbocycles. The van der Waals surface area contributed by atoms with Gasteiger partial charge in [-0.25, -0.2) is 0 Å². The van der Waals surface area contributed by atoms with Crippen molar-refractivity contribution < 1.29 is 14.3 Å². The van der Waals surface area contributed by atoms with Gasteiger partial charge in [0.1, 0.15) is 0 Å². The van der Waals surface area contributed by atoms with Crippen LogP contribution in [0.3, 0.4) is 0 Å². The van der Waals surface area contributed by atoms with Crippen molar-refractivity contribution in [2.24, 2.45) is 0 Å². The Morgan fingerprint density at radius 1 is 0.846 bits per heavy atom. The molecule has 26 heavy (non-hydrogen) atoms. The predicted octanol–water partition coefficient (Wildman–Crippen LogP) is 4.57. The van der Waals surface area contributed by atoms with Gasteiger partial charge < -0.3 is 14.8 Å². The van der Waals surface area contributed by atoms with E-state index in [1.165, 1.54) is 10.8 Å². The third-order valence-electron chi connectivity index (χ3n) is 4.07. The lowest BCUT2D eigenvalue weighted by atomic mass is 10.1. The van der Waals surface area contributed by atoms with Crippen molar-refractivity contribution >= 4 is 16.7 Å². The van der Waals surface area contributed by atoms with E-state index in [0.717, 1.165) is 5.56 Å². The molecule has 0 aliphatic carbocycles. The van der Waals surface area contributed by atoms with Gasteiger partial charge in [-0.05, 0) is 54.4 Å². The molecule has 0 unspecified atom stereocenters. The Labute approximate surface area is 153 Å². The first-order valence-electron chi connectivity index (χ1n) is 8.86. The molecule has 0 bridgehead atoms. The van der Waals surface area contributed by atoms with Gasteiger partial charge in [-0.1, -0.05) is 36.4 Å². The van der Waals surface area contributed by atoms with Gasteiger partial charge in [0, 0.05) is 12.1 Å². The molecule has 1 N–H and O–H groups in total. The standard InChI is InChI=1S/C22H23NO3/c1-3-25-20-12-11-19(14-21(20)26-4-2)22(24)23-15-16-9-10-17-7-5-6-8-18(17)13-16/h5-14H,3-4,15H2,1-2H3,(H,23,24). The van der Waals surface area contributed by atoms with Crippen LogP contribution in [-0.4, -0.2) is 19.1 Å².